The average Bonchev–Trinajstić information content (AvgIpc) is 3.30. The molecule has 2 amide bonds. The maximum atomic E-state index is 13.9. The van der Waals surface area contributed by atoms with Gasteiger partial charge in [-0.2, -0.15) is 0 Å². The molecule has 6 rings (SSSR count). The Labute approximate surface area is 298 Å². The number of Topliss-reactive ketones (excluding diaryl/α,β-unsaturated/α-hetero) is 1. The van der Waals surface area contributed by atoms with Gasteiger partial charge in [0.2, 0.25) is 0 Å². The summed E-state index contributed by atoms with van der Waals surface area (Å²) in [5, 5.41) is 15.9. The number of allylic oxidation sites excluding steroid dienone is 1. The molecule has 0 radical (unpaired) electrons. The lowest BCUT2D eigenvalue weighted by Crippen LogP contribution is -2.67. The molecular formula is C41H59N3O6. The lowest BCUT2D eigenvalue weighted by molar-refractivity contribution is -0.232. The number of carboxylic acids is 1. The minimum atomic E-state index is -1.17. The van der Waals surface area contributed by atoms with Gasteiger partial charge in [0, 0.05) is 18.0 Å². The summed E-state index contributed by atoms with van der Waals surface area (Å²) in [6.45, 7) is 19.4. The molecule has 3 N–H and O–H groups in total. The quantitative estimate of drug-likeness (QED) is 0.245. The van der Waals surface area contributed by atoms with Crippen LogP contribution in [0.2, 0.25) is 0 Å². The van der Waals surface area contributed by atoms with E-state index in [0.29, 0.717) is 23.9 Å². The van der Waals surface area contributed by atoms with Crippen molar-refractivity contribution in [2.45, 2.75) is 138 Å². The molecular weight excluding hydrogens is 630 g/mol. The molecule has 4 fully saturated rings. The molecule has 0 saturated heterocycles. The van der Waals surface area contributed by atoms with Crippen molar-refractivity contribution >= 4 is 29.4 Å². The Bertz CT molecular complexity index is 1600. The van der Waals surface area contributed by atoms with E-state index in [9.17, 15) is 24.3 Å². The van der Waals surface area contributed by atoms with Crippen molar-refractivity contribution < 1.29 is 29.0 Å². The van der Waals surface area contributed by atoms with Gasteiger partial charge in [0.15, 0.2) is 5.78 Å². The molecule has 0 bridgehead atoms. The Kier molecular flexibility index (Phi) is 8.91. The van der Waals surface area contributed by atoms with E-state index in [1.54, 1.807) is 32.3 Å². The number of amides is 2. The summed E-state index contributed by atoms with van der Waals surface area (Å²) >= 11 is 0. The fourth-order valence-corrected chi connectivity index (χ4v) is 12.4. The van der Waals surface area contributed by atoms with Crippen LogP contribution in [0.15, 0.2) is 35.7 Å². The van der Waals surface area contributed by atoms with E-state index in [1.807, 2.05) is 6.07 Å². The van der Waals surface area contributed by atoms with Gasteiger partial charge in [-0.15, -0.1) is 0 Å². The first-order chi connectivity index (χ1) is 23.2. The SMILES string of the molecule is CC(C)C1=C2[C@H]3CC[C@@H]4[C@@]5(C)CC[C@H](OC(=O)CC(C)(C)C(=O)O)C(C)(C)[C@@H]5CC[C@@]4(C)[C@]3(C)CC[C@@]2(NC(=O)Nc2cccnc2)CC1=O. The van der Waals surface area contributed by atoms with Gasteiger partial charge in [0.05, 0.1) is 29.3 Å². The van der Waals surface area contributed by atoms with Crippen LogP contribution in [0.5, 0.6) is 0 Å². The lowest BCUT2D eigenvalue weighted by atomic mass is 9.33. The number of hydrogen-bond donors (Lipinski definition) is 3. The fourth-order valence-electron chi connectivity index (χ4n) is 12.4. The number of anilines is 1. The highest BCUT2D eigenvalue weighted by atomic mass is 16.5. The molecule has 0 aliphatic heterocycles. The topological polar surface area (TPSA) is 135 Å². The third-order valence-corrected chi connectivity index (χ3v) is 15.1. The van der Waals surface area contributed by atoms with Gasteiger partial charge < -0.3 is 20.5 Å². The number of nitrogens with one attached hydrogen (secondary N) is 2. The van der Waals surface area contributed by atoms with E-state index in [1.165, 1.54) is 5.57 Å². The first kappa shape index (κ1) is 36.6. The van der Waals surface area contributed by atoms with E-state index < -0.39 is 22.9 Å². The van der Waals surface area contributed by atoms with E-state index in [0.717, 1.165) is 56.9 Å². The van der Waals surface area contributed by atoms with E-state index >= 15 is 0 Å². The highest BCUT2D eigenvalue weighted by Gasteiger charge is 2.70. The van der Waals surface area contributed by atoms with E-state index in [2.05, 4.69) is 64.1 Å². The number of ether oxygens (including phenoxy) is 1. The summed E-state index contributed by atoms with van der Waals surface area (Å²) in [5.41, 5.74) is 0.655. The number of rotatable bonds is 7. The summed E-state index contributed by atoms with van der Waals surface area (Å²) < 4.78 is 6.14. The molecule has 0 aromatic carbocycles. The number of ketones is 1. The Morgan fingerprint density at radius 1 is 0.980 bits per heavy atom. The van der Waals surface area contributed by atoms with Gasteiger partial charge in [-0.25, -0.2) is 4.79 Å². The number of aromatic nitrogens is 1. The second kappa shape index (κ2) is 12.2. The minimum Gasteiger partial charge on any atom is -0.481 e. The highest BCUT2D eigenvalue weighted by Crippen LogP contribution is 2.76. The monoisotopic (exact) mass is 689 g/mol. The van der Waals surface area contributed by atoms with Crippen LogP contribution in [0.4, 0.5) is 10.5 Å². The molecule has 1 aromatic heterocycles. The van der Waals surface area contributed by atoms with E-state index in [4.69, 9.17) is 4.74 Å². The molecule has 1 heterocycles. The first-order valence-electron chi connectivity index (χ1n) is 18.9. The number of fused-ring (bicyclic) bond motifs is 7. The first-order valence-corrected chi connectivity index (χ1v) is 18.9. The molecule has 5 aliphatic rings. The number of aliphatic carboxylic acids is 1. The Hall–Kier alpha value is -3.23. The van der Waals surface area contributed by atoms with Crippen molar-refractivity contribution in [3.8, 4) is 0 Å². The summed E-state index contributed by atoms with van der Waals surface area (Å²) in [4.78, 5) is 56.3. The summed E-state index contributed by atoms with van der Waals surface area (Å²) in [5.74, 6) is -0.168. The molecule has 8 atom stereocenters. The van der Waals surface area contributed by atoms with Crippen LogP contribution < -0.4 is 10.6 Å². The van der Waals surface area contributed by atoms with Crippen molar-refractivity contribution in [2.24, 2.45) is 50.7 Å². The number of esters is 1. The van der Waals surface area contributed by atoms with Gasteiger partial charge in [-0.3, -0.25) is 19.4 Å². The van der Waals surface area contributed by atoms with Crippen molar-refractivity contribution in [3.63, 3.8) is 0 Å². The summed E-state index contributed by atoms with van der Waals surface area (Å²) in [7, 11) is 0. The molecule has 9 heteroatoms. The number of hydrogen-bond acceptors (Lipinski definition) is 6. The number of carboxylic acid groups (broad SMARTS) is 1. The van der Waals surface area contributed by atoms with Crippen LogP contribution in [0.1, 0.15) is 127 Å². The van der Waals surface area contributed by atoms with Gasteiger partial charge in [0.1, 0.15) is 6.10 Å². The standard InChI is InChI=1S/C41H59N3O6/c1-24(2)32-27(45)21-41(44-35(49)43-25-11-10-20-42-23-25)19-18-39(8)26(33(32)41)12-13-29-38(7)16-15-30(50-31(46)22-36(3,4)34(47)48)37(5,6)28(38)14-17-40(29,39)9/h10-11,20,23-24,26,28-30H,12-19,21-22H2,1-9H3,(H,47,48)(H2,43,44,49)/t26-,28+,29-,30+,38+,39-,40-,41-/m1/s1. The lowest BCUT2D eigenvalue weighted by Gasteiger charge is -2.72. The number of carbonyl (C=O) groups excluding carboxylic acids is 3. The molecule has 5 aliphatic carbocycles. The second-order valence-electron chi connectivity index (χ2n) is 18.8. The predicted octanol–water partition coefficient (Wildman–Crippen LogP) is 8.35. The Morgan fingerprint density at radius 3 is 2.34 bits per heavy atom. The van der Waals surface area contributed by atoms with Gasteiger partial charge in [0.25, 0.3) is 0 Å². The van der Waals surface area contributed by atoms with Crippen molar-refractivity contribution in [1.29, 1.82) is 0 Å². The van der Waals surface area contributed by atoms with Crippen LogP contribution in [-0.4, -0.2) is 45.5 Å². The van der Waals surface area contributed by atoms with Crippen molar-refractivity contribution in [1.82, 2.24) is 10.3 Å². The predicted molar refractivity (Wildman–Crippen MR) is 192 cm³/mol. The van der Waals surface area contributed by atoms with Gasteiger partial charge >= 0.3 is 18.0 Å². The van der Waals surface area contributed by atoms with Gasteiger partial charge in [-0.05, 0) is 128 Å². The van der Waals surface area contributed by atoms with E-state index in [-0.39, 0.29) is 57.8 Å². The third kappa shape index (κ3) is 5.51. The molecule has 4 saturated carbocycles. The highest BCUT2D eigenvalue weighted by molar-refractivity contribution is 6.03. The number of pyridine rings is 1. The van der Waals surface area contributed by atoms with Crippen LogP contribution in [0.3, 0.4) is 0 Å². The zero-order valence-corrected chi connectivity index (χ0v) is 31.7. The van der Waals surface area contributed by atoms with Crippen LogP contribution in [0.25, 0.3) is 0 Å². The maximum Gasteiger partial charge on any atom is 0.319 e. The molecule has 9 nitrogen and oxygen atoms in total. The van der Waals surface area contributed by atoms with Crippen molar-refractivity contribution in [3.05, 3.63) is 35.7 Å². The number of urea groups is 1. The molecule has 50 heavy (non-hydrogen) atoms. The maximum absolute atomic E-state index is 13.9. The average molecular weight is 690 g/mol. The molecule has 274 valence electrons. The van der Waals surface area contributed by atoms with Crippen LogP contribution in [0, 0.1) is 50.7 Å². The normalized spacial score (nSPS) is 37.6. The second-order valence-corrected chi connectivity index (χ2v) is 18.8. The smallest absolute Gasteiger partial charge is 0.319 e. The number of carbonyl (C=O) groups is 4. The van der Waals surface area contributed by atoms with Gasteiger partial charge in [-0.1, -0.05) is 48.5 Å². The largest absolute Gasteiger partial charge is 0.481 e. The fraction of sp³-hybridized carbons (Fsp3) is 0.732. The summed E-state index contributed by atoms with van der Waals surface area (Å²) in [6, 6.07) is 3.31. The minimum absolute atomic E-state index is 0.0249. The zero-order chi connectivity index (χ0) is 36.7. The summed E-state index contributed by atoms with van der Waals surface area (Å²) in [6.07, 6.45) is 10.7. The van der Waals surface area contributed by atoms with Crippen LogP contribution >= 0.6 is 0 Å². The number of nitrogens with zero attached hydrogens (tertiary/aromatic N) is 1. The molecule has 1 aromatic rings. The third-order valence-electron chi connectivity index (χ3n) is 15.1. The van der Waals surface area contributed by atoms with Crippen molar-refractivity contribution in [2.75, 3.05) is 5.32 Å². The molecule has 0 unspecified atom stereocenters. The Balaban J connectivity index is 1.28. The zero-order valence-electron chi connectivity index (χ0n) is 31.7. The molecule has 0 spiro atoms. The van der Waals surface area contributed by atoms with Crippen LogP contribution in [-0.2, 0) is 19.1 Å². The Morgan fingerprint density at radius 2 is 1.70 bits per heavy atom.